The summed E-state index contributed by atoms with van der Waals surface area (Å²) in [6.07, 6.45) is 58.1. The van der Waals surface area contributed by atoms with Gasteiger partial charge in [0, 0.05) is 25.7 Å². The molecule has 0 radical (unpaired) electrons. The summed E-state index contributed by atoms with van der Waals surface area (Å²) >= 11 is 0. The maximum atomic E-state index is 13.1. The lowest BCUT2D eigenvalue weighted by atomic mass is 10.00. The Morgan fingerprint density at radius 3 is 0.947 bits per heavy atom. The molecule has 0 spiro atoms. The fourth-order valence-electron chi connectivity index (χ4n) is 11.1. The first-order chi connectivity index (χ1) is 45.9. The molecule has 95 heavy (non-hydrogen) atoms. The topological polar surface area (TPSA) is 237 Å². The summed E-state index contributed by atoms with van der Waals surface area (Å²) in [5, 5.41) is 10.6. The van der Waals surface area contributed by atoms with E-state index in [1.165, 1.54) is 161 Å². The minimum absolute atomic E-state index is 0.0997. The van der Waals surface area contributed by atoms with Crippen molar-refractivity contribution in [3.8, 4) is 0 Å². The van der Waals surface area contributed by atoms with Crippen molar-refractivity contribution >= 4 is 39.5 Å². The van der Waals surface area contributed by atoms with Gasteiger partial charge in [-0.2, -0.15) is 0 Å². The molecular formula is C76H144O17P2. The van der Waals surface area contributed by atoms with E-state index in [2.05, 4.69) is 65.8 Å². The highest BCUT2D eigenvalue weighted by Crippen LogP contribution is 2.45. The van der Waals surface area contributed by atoms with Crippen molar-refractivity contribution in [2.24, 2.45) is 11.8 Å². The van der Waals surface area contributed by atoms with Crippen molar-refractivity contribution in [2.75, 3.05) is 39.6 Å². The summed E-state index contributed by atoms with van der Waals surface area (Å²) < 4.78 is 68.4. The van der Waals surface area contributed by atoms with Gasteiger partial charge in [0.1, 0.15) is 19.3 Å². The van der Waals surface area contributed by atoms with E-state index in [0.717, 1.165) is 121 Å². The van der Waals surface area contributed by atoms with Crippen molar-refractivity contribution in [2.45, 2.75) is 387 Å². The summed E-state index contributed by atoms with van der Waals surface area (Å²) in [6.45, 7) is 9.38. The number of phosphoric ester groups is 2. The minimum atomic E-state index is -4.96. The second kappa shape index (κ2) is 67.4. The van der Waals surface area contributed by atoms with Gasteiger partial charge in [-0.1, -0.05) is 316 Å². The Morgan fingerprint density at radius 1 is 0.347 bits per heavy atom. The van der Waals surface area contributed by atoms with Gasteiger partial charge in [0.05, 0.1) is 26.4 Å². The summed E-state index contributed by atoms with van der Waals surface area (Å²) in [5.41, 5.74) is 0. The smallest absolute Gasteiger partial charge is 0.462 e. The largest absolute Gasteiger partial charge is 0.472 e. The Morgan fingerprint density at radius 2 is 0.621 bits per heavy atom. The van der Waals surface area contributed by atoms with Crippen LogP contribution in [0.3, 0.4) is 0 Å². The zero-order valence-electron chi connectivity index (χ0n) is 61.5. The predicted molar refractivity (Wildman–Crippen MR) is 386 cm³/mol. The van der Waals surface area contributed by atoms with Crippen LogP contribution in [0.5, 0.6) is 0 Å². The van der Waals surface area contributed by atoms with E-state index >= 15 is 0 Å². The van der Waals surface area contributed by atoms with Crippen LogP contribution in [0.2, 0.25) is 0 Å². The quantitative estimate of drug-likeness (QED) is 0.0169. The van der Waals surface area contributed by atoms with Crippen molar-refractivity contribution in [1.82, 2.24) is 0 Å². The lowest BCUT2D eigenvalue weighted by molar-refractivity contribution is -0.161. The highest BCUT2D eigenvalue weighted by atomic mass is 31.2. The summed E-state index contributed by atoms with van der Waals surface area (Å²) in [6, 6.07) is 0. The van der Waals surface area contributed by atoms with Gasteiger partial charge in [0.25, 0.3) is 0 Å². The molecule has 0 bridgehead atoms. The molecule has 6 atom stereocenters. The first-order valence-corrected chi connectivity index (χ1v) is 41.8. The number of rotatable bonds is 73. The molecule has 0 fully saturated rings. The number of carbonyl (C=O) groups excluding carboxylic acids is 4. The van der Waals surface area contributed by atoms with E-state index < -0.39 is 97.5 Å². The molecule has 0 aliphatic carbocycles. The Bertz CT molecular complexity index is 1930. The molecule has 0 aliphatic heterocycles. The fourth-order valence-corrected chi connectivity index (χ4v) is 12.7. The Labute approximate surface area is 580 Å². The molecule has 0 amide bonds. The first-order valence-electron chi connectivity index (χ1n) is 38.8. The average Bonchev–Trinajstić information content (AvgIpc) is 2.06. The molecule has 0 aromatic heterocycles. The highest BCUT2D eigenvalue weighted by molar-refractivity contribution is 7.47. The number of allylic oxidation sites excluding steroid dienone is 4. The van der Waals surface area contributed by atoms with Gasteiger partial charge in [-0.3, -0.25) is 37.3 Å². The molecule has 0 heterocycles. The van der Waals surface area contributed by atoms with Crippen molar-refractivity contribution < 1.29 is 80.2 Å². The monoisotopic (exact) mass is 1390 g/mol. The summed E-state index contributed by atoms with van der Waals surface area (Å²) in [7, 11) is -9.92. The molecule has 19 heteroatoms. The second-order valence-corrected chi connectivity index (χ2v) is 30.3. The number of esters is 4. The van der Waals surface area contributed by atoms with Gasteiger partial charge < -0.3 is 33.8 Å². The second-order valence-electron chi connectivity index (χ2n) is 27.4. The van der Waals surface area contributed by atoms with Crippen molar-refractivity contribution in [1.29, 1.82) is 0 Å². The molecular weight excluding hydrogens is 1250 g/mol. The van der Waals surface area contributed by atoms with Gasteiger partial charge in [-0.15, -0.1) is 0 Å². The standard InChI is InChI=1S/C76H144O17P2/c1-7-10-12-14-16-18-20-22-24-25-26-27-28-29-31-33-35-37-39-48-54-60-75(80)92-71(64-86-73(78)58-52-46-38-36-34-32-30-23-21-19-17-15-13-11-8-2)66-90-94(82,83)88-62-70(77)63-89-95(84,85)91-67-72(65-87-74(79)59-53-47-42-40-44-50-56-68(4)5)93-76(81)61-55-49-43-41-45-51-57-69(6)9-3/h19,21,23,30,68-72,77H,7-18,20,22,24-29,31-67H2,1-6H3,(H,82,83)(H,84,85)/b21-19-,30-23-/t69?,70-,71-,72-/m1/s1. The first kappa shape index (κ1) is 92.5. The van der Waals surface area contributed by atoms with Gasteiger partial charge in [-0.25, -0.2) is 9.13 Å². The molecule has 3 N–H and O–H groups in total. The van der Waals surface area contributed by atoms with Crippen LogP contribution in [0.4, 0.5) is 0 Å². The van der Waals surface area contributed by atoms with Crippen LogP contribution >= 0.6 is 15.6 Å². The van der Waals surface area contributed by atoms with Gasteiger partial charge in [0.15, 0.2) is 12.2 Å². The van der Waals surface area contributed by atoms with Crippen LogP contribution in [0.15, 0.2) is 24.3 Å². The van der Waals surface area contributed by atoms with Crippen LogP contribution < -0.4 is 0 Å². The number of hydrogen-bond donors (Lipinski definition) is 3. The van der Waals surface area contributed by atoms with Crippen LogP contribution in [0, 0.1) is 11.8 Å². The lowest BCUT2D eigenvalue weighted by Crippen LogP contribution is -2.30. The third kappa shape index (κ3) is 68.5. The fraction of sp³-hybridized carbons (Fsp3) is 0.895. The molecule has 0 saturated carbocycles. The van der Waals surface area contributed by atoms with Gasteiger partial charge in [-0.05, 0) is 63.2 Å². The summed E-state index contributed by atoms with van der Waals surface area (Å²) in [5.74, 6) is -0.758. The van der Waals surface area contributed by atoms with Crippen LogP contribution in [0.1, 0.15) is 369 Å². The van der Waals surface area contributed by atoms with E-state index in [9.17, 15) is 43.2 Å². The van der Waals surface area contributed by atoms with Crippen molar-refractivity contribution in [3.05, 3.63) is 24.3 Å². The maximum absolute atomic E-state index is 13.1. The number of carbonyl (C=O) groups is 4. The number of aliphatic hydroxyl groups excluding tert-OH is 1. The normalized spacial score (nSPS) is 14.5. The maximum Gasteiger partial charge on any atom is 0.472 e. The molecule has 0 aromatic carbocycles. The number of aliphatic hydroxyl groups is 1. The van der Waals surface area contributed by atoms with E-state index in [1.54, 1.807) is 0 Å². The van der Waals surface area contributed by atoms with E-state index in [0.29, 0.717) is 31.6 Å². The average molecular weight is 1390 g/mol. The zero-order valence-corrected chi connectivity index (χ0v) is 63.2. The molecule has 0 saturated heterocycles. The minimum Gasteiger partial charge on any atom is -0.462 e. The lowest BCUT2D eigenvalue weighted by Gasteiger charge is -2.21. The number of hydrogen-bond acceptors (Lipinski definition) is 15. The van der Waals surface area contributed by atoms with E-state index in [1.807, 2.05) is 0 Å². The Hall–Kier alpha value is -2.46. The predicted octanol–water partition coefficient (Wildman–Crippen LogP) is 21.9. The highest BCUT2D eigenvalue weighted by Gasteiger charge is 2.30. The Kier molecular flexibility index (Phi) is 65.6. The van der Waals surface area contributed by atoms with Gasteiger partial charge in [0.2, 0.25) is 0 Å². The SMILES string of the molecule is CCCCCC/C=C\C=C/CCCCCCCC(=O)OC[C@H](COP(=O)(O)OC[C@@H](O)COP(=O)(O)OC[C@@H](COC(=O)CCCCCCCCC(C)C)OC(=O)CCCCCCCCC(C)CC)OC(=O)CCCCCCCCCCCCCCCCCCCCCCC. The Balaban J connectivity index is 5.22. The number of unbranched alkanes of at least 4 members (excludes halogenated alkanes) is 39. The van der Waals surface area contributed by atoms with E-state index in [-0.39, 0.29) is 25.7 Å². The molecule has 0 aliphatic rings. The van der Waals surface area contributed by atoms with Gasteiger partial charge >= 0.3 is 39.5 Å². The van der Waals surface area contributed by atoms with Crippen LogP contribution in [-0.2, 0) is 65.4 Å². The number of phosphoric acid groups is 2. The zero-order chi connectivity index (χ0) is 70.0. The van der Waals surface area contributed by atoms with E-state index in [4.69, 9.17) is 37.0 Å². The van der Waals surface area contributed by atoms with Crippen LogP contribution in [-0.4, -0.2) is 96.7 Å². The molecule has 3 unspecified atom stereocenters. The molecule has 17 nitrogen and oxygen atoms in total. The number of ether oxygens (including phenoxy) is 4. The molecule has 560 valence electrons. The van der Waals surface area contributed by atoms with Crippen molar-refractivity contribution in [3.63, 3.8) is 0 Å². The molecule has 0 aromatic rings. The third-order valence-corrected chi connectivity index (χ3v) is 19.3. The third-order valence-electron chi connectivity index (χ3n) is 17.4. The molecule has 0 rings (SSSR count). The van der Waals surface area contributed by atoms with Crippen LogP contribution in [0.25, 0.3) is 0 Å². The summed E-state index contributed by atoms with van der Waals surface area (Å²) in [4.78, 5) is 72.7.